The lowest BCUT2D eigenvalue weighted by atomic mass is 10.1. The summed E-state index contributed by atoms with van der Waals surface area (Å²) < 4.78 is 2.26. The summed E-state index contributed by atoms with van der Waals surface area (Å²) in [7, 11) is 1.80. The Bertz CT molecular complexity index is 1110. The van der Waals surface area contributed by atoms with E-state index < -0.39 is 0 Å². The van der Waals surface area contributed by atoms with Crippen molar-refractivity contribution in [3.05, 3.63) is 45.1 Å². The first kappa shape index (κ1) is 22.1. The maximum absolute atomic E-state index is 13.5. The maximum Gasteiger partial charge on any atom is 0.266 e. The summed E-state index contributed by atoms with van der Waals surface area (Å²) in [5, 5.41) is 1.05. The van der Waals surface area contributed by atoms with Crippen molar-refractivity contribution < 1.29 is 4.79 Å². The van der Waals surface area contributed by atoms with Crippen LogP contribution < -0.4 is 10.5 Å². The number of amides is 1. The first-order valence-electron chi connectivity index (χ1n) is 11.0. The van der Waals surface area contributed by atoms with Crippen molar-refractivity contribution in [1.82, 2.24) is 9.47 Å². The number of hydrogen-bond acceptors (Lipinski definition) is 5. The van der Waals surface area contributed by atoms with Gasteiger partial charge in [-0.25, -0.2) is 0 Å². The minimum absolute atomic E-state index is 0.0768. The van der Waals surface area contributed by atoms with E-state index in [2.05, 4.69) is 24.8 Å². The molecule has 0 saturated carbocycles. The number of thioether (sulfide) groups is 1. The number of aryl methyl sites for hydroxylation is 1. The molecule has 164 valence electrons. The van der Waals surface area contributed by atoms with Crippen molar-refractivity contribution in [2.75, 3.05) is 24.5 Å². The van der Waals surface area contributed by atoms with Gasteiger partial charge in [-0.1, -0.05) is 68.9 Å². The van der Waals surface area contributed by atoms with E-state index in [1.54, 1.807) is 22.6 Å². The van der Waals surface area contributed by atoms with Crippen LogP contribution in [0.3, 0.4) is 0 Å². The van der Waals surface area contributed by atoms with Crippen LogP contribution in [0.15, 0.2) is 34.0 Å². The average molecular weight is 456 g/mol. The van der Waals surface area contributed by atoms with Crippen molar-refractivity contribution in [3.8, 4) is 0 Å². The molecule has 0 N–H and O–H groups in total. The fourth-order valence-corrected chi connectivity index (χ4v) is 5.68. The van der Waals surface area contributed by atoms with Crippen molar-refractivity contribution >= 4 is 56.9 Å². The third-order valence-electron chi connectivity index (χ3n) is 5.93. The summed E-state index contributed by atoms with van der Waals surface area (Å²) in [5.41, 5.74) is 2.38. The molecule has 5 nitrogen and oxygen atoms in total. The number of aromatic nitrogens is 1. The van der Waals surface area contributed by atoms with Gasteiger partial charge in [-0.2, -0.15) is 0 Å². The predicted molar refractivity (Wildman–Crippen MR) is 135 cm³/mol. The molecule has 31 heavy (non-hydrogen) atoms. The molecular formula is C24H29N3O2S2. The number of fused-ring (bicyclic) bond motifs is 1. The minimum atomic E-state index is -0.0965. The van der Waals surface area contributed by atoms with E-state index in [1.807, 2.05) is 18.2 Å². The number of thiocarbonyl (C=S) groups is 1. The predicted octanol–water partition coefficient (Wildman–Crippen LogP) is 4.78. The lowest BCUT2D eigenvalue weighted by Crippen LogP contribution is -2.32. The highest BCUT2D eigenvalue weighted by Gasteiger charge is 2.33. The average Bonchev–Trinajstić information content (AvgIpc) is 2.94. The molecule has 4 rings (SSSR count). The number of benzene rings is 1. The highest BCUT2D eigenvalue weighted by atomic mass is 32.2. The van der Waals surface area contributed by atoms with Crippen LogP contribution in [0, 0.1) is 5.92 Å². The molecule has 1 amide bonds. The Morgan fingerprint density at radius 2 is 1.77 bits per heavy atom. The summed E-state index contributed by atoms with van der Waals surface area (Å²) >= 11 is 6.77. The van der Waals surface area contributed by atoms with Gasteiger partial charge in [0.2, 0.25) is 0 Å². The van der Waals surface area contributed by atoms with E-state index in [1.165, 1.54) is 24.6 Å². The number of para-hydroxylation sites is 1. The van der Waals surface area contributed by atoms with Gasteiger partial charge in [0.25, 0.3) is 11.5 Å². The van der Waals surface area contributed by atoms with Gasteiger partial charge in [-0.3, -0.25) is 14.5 Å². The van der Waals surface area contributed by atoms with Crippen LogP contribution in [0.4, 0.5) is 5.69 Å². The summed E-state index contributed by atoms with van der Waals surface area (Å²) in [5.74, 6) is 0.226. The van der Waals surface area contributed by atoms with E-state index in [4.69, 9.17) is 12.2 Å². The molecule has 2 saturated heterocycles. The summed E-state index contributed by atoms with van der Waals surface area (Å²) in [6, 6.07) is 8.05. The summed E-state index contributed by atoms with van der Waals surface area (Å²) in [6.07, 6.45) is 6.43. The second kappa shape index (κ2) is 9.17. The lowest BCUT2D eigenvalue weighted by molar-refractivity contribution is -0.122. The molecule has 0 aliphatic carbocycles. The quantitative estimate of drug-likeness (QED) is 0.491. The van der Waals surface area contributed by atoms with Gasteiger partial charge in [-0.05, 0) is 30.9 Å². The molecule has 7 heteroatoms. The van der Waals surface area contributed by atoms with Gasteiger partial charge >= 0.3 is 0 Å². The highest BCUT2D eigenvalue weighted by Crippen LogP contribution is 2.36. The zero-order valence-electron chi connectivity index (χ0n) is 18.4. The highest BCUT2D eigenvalue weighted by molar-refractivity contribution is 8.26. The van der Waals surface area contributed by atoms with E-state index in [0.717, 1.165) is 42.5 Å². The number of nitrogens with zero attached hydrogens (tertiary/aromatic N) is 3. The van der Waals surface area contributed by atoms with Crippen LogP contribution in [0.25, 0.3) is 17.0 Å². The zero-order chi connectivity index (χ0) is 22.1. The Hall–Kier alpha value is -2.12. The topological polar surface area (TPSA) is 45.6 Å². The molecule has 0 unspecified atom stereocenters. The molecule has 2 aliphatic rings. The summed E-state index contributed by atoms with van der Waals surface area (Å²) in [6.45, 7) is 6.58. The Labute approximate surface area is 193 Å². The lowest BCUT2D eigenvalue weighted by Gasteiger charge is -2.27. The first-order chi connectivity index (χ1) is 14.9. The second-order valence-corrected chi connectivity index (χ2v) is 10.4. The van der Waals surface area contributed by atoms with Crippen molar-refractivity contribution in [3.63, 3.8) is 0 Å². The fourth-order valence-electron chi connectivity index (χ4n) is 4.42. The van der Waals surface area contributed by atoms with Crippen LogP contribution in [0.5, 0.6) is 0 Å². The molecular weight excluding hydrogens is 426 g/mol. The Morgan fingerprint density at radius 3 is 2.45 bits per heavy atom. The summed E-state index contributed by atoms with van der Waals surface area (Å²) in [4.78, 5) is 31.1. The normalized spacial score (nSPS) is 19.2. The molecule has 0 radical (unpaired) electrons. The van der Waals surface area contributed by atoms with E-state index in [-0.39, 0.29) is 11.5 Å². The molecule has 0 spiro atoms. The zero-order valence-corrected chi connectivity index (χ0v) is 20.0. The third-order valence-corrected chi connectivity index (χ3v) is 7.31. The van der Waals surface area contributed by atoms with Crippen molar-refractivity contribution in [2.24, 2.45) is 13.0 Å². The number of rotatable bonds is 4. The van der Waals surface area contributed by atoms with E-state index in [0.29, 0.717) is 27.3 Å². The molecule has 1 aromatic heterocycles. The van der Waals surface area contributed by atoms with Crippen LogP contribution >= 0.6 is 24.0 Å². The number of hydrogen-bond donors (Lipinski definition) is 0. The van der Waals surface area contributed by atoms with E-state index in [9.17, 15) is 9.59 Å². The first-order valence-corrected chi connectivity index (χ1v) is 12.2. The molecule has 0 atom stereocenters. The van der Waals surface area contributed by atoms with Gasteiger partial charge < -0.3 is 9.47 Å². The largest absolute Gasteiger partial charge is 0.370 e. The molecule has 1 aromatic carbocycles. The van der Waals surface area contributed by atoms with Crippen LogP contribution in [0.1, 0.15) is 45.1 Å². The molecule has 0 bridgehead atoms. The smallest absolute Gasteiger partial charge is 0.266 e. The Balaban J connectivity index is 1.89. The Kier molecular flexibility index (Phi) is 6.53. The Morgan fingerprint density at radius 1 is 1.10 bits per heavy atom. The van der Waals surface area contributed by atoms with Gasteiger partial charge in [-0.15, -0.1) is 0 Å². The van der Waals surface area contributed by atoms with Gasteiger partial charge in [0.05, 0.1) is 21.7 Å². The second-order valence-electron chi connectivity index (χ2n) is 8.73. The minimum Gasteiger partial charge on any atom is -0.370 e. The van der Waals surface area contributed by atoms with E-state index >= 15 is 0 Å². The number of carbonyl (C=O) groups excluding carboxylic acids is 1. The standard InChI is InChI=1S/C24H29N3O2S2/c1-16(2)15-27-23(29)20(31-24(27)30)14-18-21(26-12-8-4-5-9-13-26)17-10-6-7-11-19(17)25(3)22(18)28/h6-7,10-11,14,16H,4-5,8-9,12-13,15H2,1-3H3. The number of pyridine rings is 1. The van der Waals surface area contributed by atoms with Gasteiger partial charge in [0, 0.05) is 32.1 Å². The van der Waals surface area contributed by atoms with Crippen LogP contribution in [-0.2, 0) is 11.8 Å². The maximum atomic E-state index is 13.5. The van der Waals surface area contributed by atoms with Gasteiger partial charge in [0.15, 0.2) is 0 Å². The number of anilines is 1. The SMILES string of the molecule is CC(C)CN1C(=O)C(=Cc2c(N3CCCCCC3)c3ccccc3n(C)c2=O)SC1=S. The van der Waals surface area contributed by atoms with Crippen molar-refractivity contribution in [2.45, 2.75) is 39.5 Å². The molecule has 2 aromatic rings. The fraction of sp³-hybridized carbons (Fsp3) is 0.458. The van der Waals surface area contributed by atoms with Crippen LogP contribution in [0.2, 0.25) is 0 Å². The van der Waals surface area contributed by atoms with Crippen molar-refractivity contribution in [1.29, 1.82) is 0 Å². The van der Waals surface area contributed by atoms with Gasteiger partial charge in [0.1, 0.15) is 4.32 Å². The molecule has 2 aliphatic heterocycles. The molecule has 2 fully saturated rings. The molecule has 3 heterocycles. The monoisotopic (exact) mass is 455 g/mol. The number of carbonyl (C=O) groups is 1. The third kappa shape index (κ3) is 4.30. The van der Waals surface area contributed by atoms with Crippen LogP contribution in [-0.4, -0.2) is 39.3 Å².